The van der Waals surface area contributed by atoms with Crippen molar-refractivity contribution in [3.63, 3.8) is 0 Å². The van der Waals surface area contributed by atoms with E-state index in [0.717, 1.165) is 18.8 Å². The van der Waals surface area contributed by atoms with Gasteiger partial charge in [-0.15, -0.1) is 0 Å². The molecule has 1 atom stereocenters. The first kappa shape index (κ1) is 17.9. The minimum Gasteiger partial charge on any atom is -0.453 e. The molecule has 0 aliphatic carbocycles. The molecule has 2 rings (SSSR count). The van der Waals surface area contributed by atoms with Gasteiger partial charge in [-0.3, -0.25) is 19.8 Å². The zero-order chi connectivity index (χ0) is 17.7. The molecule has 1 aromatic carbocycles. The number of imide groups is 1. The summed E-state index contributed by atoms with van der Waals surface area (Å²) in [5.41, 5.74) is 1.76. The molecule has 1 aromatic rings. The number of alkyl carbamates (subject to hydrolysis) is 1. The maximum atomic E-state index is 12.0. The first-order valence-corrected chi connectivity index (χ1v) is 7.91. The molecule has 1 saturated heterocycles. The van der Waals surface area contributed by atoms with Crippen molar-refractivity contribution in [3.8, 4) is 0 Å². The molecule has 0 spiro atoms. The van der Waals surface area contributed by atoms with Crippen LogP contribution in [0.15, 0.2) is 24.3 Å². The van der Waals surface area contributed by atoms with Gasteiger partial charge in [0, 0.05) is 37.4 Å². The summed E-state index contributed by atoms with van der Waals surface area (Å²) >= 11 is 0. The van der Waals surface area contributed by atoms with Gasteiger partial charge in [-0.2, -0.15) is 0 Å². The molecular formula is C17H23N3O4. The summed E-state index contributed by atoms with van der Waals surface area (Å²) < 4.78 is 4.44. The lowest BCUT2D eigenvalue weighted by atomic mass is 10.1. The fourth-order valence-electron chi connectivity index (χ4n) is 2.70. The van der Waals surface area contributed by atoms with Gasteiger partial charge in [0.05, 0.1) is 13.2 Å². The number of piperazine rings is 1. The fraction of sp³-hybridized carbons (Fsp3) is 0.471. The molecule has 0 aromatic heterocycles. The third-order valence-corrected chi connectivity index (χ3v) is 4.29. The summed E-state index contributed by atoms with van der Waals surface area (Å²) in [5, 5.41) is 2.20. The van der Waals surface area contributed by atoms with Gasteiger partial charge >= 0.3 is 6.09 Å². The first-order chi connectivity index (χ1) is 11.4. The molecular weight excluding hydrogens is 310 g/mol. The van der Waals surface area contributed by atoms with Crippen LogP contribution in [0.25, 0.3) is 0 Å². The van der Waals surface area contributed by atoms with E-state index in [4.69, 9.17) is 0 Å². The zero-order valence-corrected chi connectivity index (χ0v) is 14.2. The van der Waals surface area contributed by atoms with Gasteiger partial charge in [0.25, 0.3) is 0 Å². The molecule has 0 saturated carbocycles. The number of amides is 2. The van der Waals surface area contributed by atoms with Crippen LogP contribution < -0.4 is 10.2 Å². The normalized spacial score (nSPS) is 16.4. The van der Waals surface area contributed by atoms with Crippen LogP contribution in [0, 0.1) is 0 Å². The average Bonchev–Trinajstić information content (AvgIpc) is 2.61. The number of hydrogen-bond donors (Lipinski definition) is 1. The minimum absolute atomic E-state index is 0.0526. The Labute approximate surface area is 141 Å². The number of carbonyl (C=O) groups is 3. The van der Waals surface area contributed by atoms with Crippen molar-refractivity contribution in [2.45, 2.75) is 19.9 Å². The van der Waals surface area contributed by atoms with Crippen LogP contribution in [0.2, 0.25) is 0 Å². The maximum absolute atomic E-state index is 12.0. The van der Waals surface area contributed by atoms with E-state index in [1.54, 1.807) is 13.8 Å². The highest BCUT2D eigenvalue weighted by Gasteiger charge is 2.26. The van der Waals surface area contributed by atoms with Crippen molar-refractivity contribution in [2.24, 2.45) is 0 Å². The topological polar surface area (TPSA) is 79.0 Å². The van der Waals surface area contributed by atoms with Crippen molar-refractivity contribution >= 4 is 23.5 Å². The Morgan fingerprint density at radius 3 is 2.17 bits per heavy atom. The lowest BCUT2D eigenvalue weighted by Crippen LogP contribution is -2.54. The highest BCUT2D eigenvalue weighted by Crippen LogP contribution is 2.18. The molecule has 0 bridgehead atoms. The van der Waals surface area contributed by atoms with Crippen LogP contribution in [0.3, 0.4) is 0 Å². The van der Waals surface area contributed by atoms with Gasteiger partial charge in [0.2, 0.25) is 5.91 Å². The van der Waals surface area contributed by atoms with E-state index < -0.39 is 12.1 Å². The molecule has 0 unspecified atom stereocenters. The number of ketones is 1. The Morgan fingerprint density at radius 1 is 1.08 bits per heavy atom. The number of methoxy groups -OCH3 is 1. The van der Waals surface area contributed by atoms with Crippen molar-refractivity contribution < 1.29 is 19.1 Å². The van der Waals surface area contributed by atoms with Crippen molar-refractivity contribution in [1.82, 2.24) is 10.2 Å². The van der Waals surface area contributed by atoms with E-state index in [-0.39, 0.29) is 11.7 Å². The third kappa shape index (κ3) is 4.32. The standard InChI is InChI=1S/C17H23N3O4/c1-12(16(22)18-17(23)24-3)19-8-10-20(11-9-19)15-6-4-14(5-7-15)13(2)21/h4-7,12H,8-11H2,1-3H3,(H,18,22,23)/t12-/m1/s1. The summed E-state index contributed by atoms with van der Waals surface area (Å²) in [7, 11) is 1.23. The third-order valence-electron chi connectivity index (χ3n) is 4.29. The van der Waals surface area contributed by atoms with Crippen LogP contribution >= 0.6 is 0 Å². The lowest BCUT2D eigenvalue weighted by molar-refractivity contribution is -0.125. The van der Waals surface area contributed by atoms with E-state index in [0.29, 0.717) is 18.7 Å². The number of nitrogens with zero attached hydrogens (tertiary/aromatic N) is 2. The number of carbonyl (C=O) groups excluding carboxylic acids is 3. The number of Topliss-reactive ketones (excluding diaryl/α,β-unsaturated/α-hetero) is 1. The average molecular weight is 333 g/mol. The summed E-state index contributed by atoms with van der Waals surface area (Å²) in [6.45, 7) is 6.29. The van der Waals surface area contributed by atoms with Gasteiger partial charge in [0.1, 0.15) is 0 Å². The quantitative estimate of drug-likeness (QED) is 0.836. The summed E-state index contributed by atoms with van der Waals surface area (Å²) in [5.74, 6) is -0.307. The van der Waals surface area contributed by atoms with E-state index in [1.807, 2.05) is 29.2 Å². The smallest absolute Gasteiger partial charge is 0.413 e. The van der Waals surface area contributed by atoms with Gasteiger partial charge in [0.15, 0.2) is 5.78 Å². The molecule has 7 heteroatoms. The molecule has 2 amide bonds. The molecule has 0 radical (unpaired) electrons. The molecule has 1 N–H and O–H groups in total. The van der Waals surface area contributed by atoms with E-state index in [9.17, 15) is 14.4 Å². The second-order valence-electron chi connectivity index (χ2n) is 5.78. The van der Waals surface area contributed by atoms with Gasteiger partial charge in [-0.1, -0.05) is 0 Å². The predicted octanol–water partition coefficient (Wildman–Crippen LogP) is 1.28. The van der Waals surface area contributed by atoms with Crippen LogP contribution in [0.4, 0.5) is 10.5 Å². The summed E-state index contributed by atoms with van der Waals surface area (Å²) in [4.78, 5) is 38.6. The Morgan fingerprint density at radius 2 is 1.67 bits per heavy atom. The highest BCUT2D eigenvalue weighted by molar-refractivity contribution is 5.95. The fourth-order valence-corrected chi connectivity index (χ4v) is 2.70. The largest absolute Gasteiger partial charge is 0.453 e. The summed E-state index contributed by atoms with van der Waals surface area (Å²) in [6.07, 6.45) is -0.740. The molecule has 1 fully saturated rings. The van der Waals surface area contributed by atoms with E-state index in [1.165, 1.54) is 7.11 Å². The first-order valence-electron chi connectivity index (χ1n) is 7.91. The Balaban J connectivity index is 1.89. The second-order valence-corrected chi connectivity index (χ2v) is 5.78. The van der Waals surface area contributed by atoms with Crippen LogP contribution in [0.5, 0.6) is 0 Å². The van der Waals surface area contributed by atoms with Gasteiger partial charge < -0.3 is 9.64 Å². The van der Waals surface area contributed by atoms with Crippen LogP contribution in [-0.4, -0.2) is 62.0 Å². The van der Waals surface area contributed by atoms with Crippen molar-refractivity contribution in [2.75, 3.05) is 38.2 Å². The second kappa shape index (κ2) is 7.92. The van der Waals surface area contributed by atoms with Gasteiger partial charge in [-0.25, -0.2) is 4.79 Å². The molecule has 1 heterocycles. The van der Waals surface area contributed by atoms with Crippen molar-refractivity contribution in [1.29, 1.82) is 0 Å². The predicted molar refractivity (Wildman–Crippen MR) is 90.2 cm³/mol. The van der Waals surface area contributed by atoms with E-state index >= 15 is 0 Å². The van der Waals surface area contributed by atoms with Crippen molar-refractivity contribution in [3.05, 3.63) is 29.8 Å². The molecule has 1 aliphatic rings. The number of nitrogens with one attached hydrogen (secondary N) is 1. The number of benzene rings is 1. The number of rotatable bonds is 4. The Hall–Kier alpha value is -2.41. The SMILES string of the molecule is COC(=O)NC(=O)[C@@H](C)N1CCN(c2ccc(C(C)=O)cc2)CC1. The lowest BCUT2D eigenvalue weighted by Gasteiger charge is -2.38. The molecule has 130 valence electrons. The molecule has 24 heavy (non-hydrogen) atoms. The highest BCUT2D eigenvalue weighted by atomic mass is 16.5. The zero-order valence-electron chi connectivity index (χ0n) is 14.2. The minimum atomic E-state index is -0.740. The molecule has 1 aliphatic heterocycles. The van der Waals surface area contributed by atoms with E-state index in [2.05, 4.69) is 15.0 Å². The maximum Gasteiger partial charge on any atom is 0.413 e. The number of ether oxygens (including phenoxy) is 1. The number of anilines is 1. The van der Waals surface area contributed by atoms with Crippen LogP contribution in [-0.2, 0) is 9.53 Å². The monoisotopic (exact) mass is 333 g/mol. The van der Waals surface area contributed by atoms with Crippen LogP contribution in [0.1, 0.15) is 24.2 Å². The Kier molecular flexibility index (Phi) is 5.92. The molecule has 7 nitrogen and oxygen atoms in total. The number of hydrogen-bond acceptors (Lipinski definition) is 6. The summed E-state index contributed by atoms with van der Waals surface area (Å²) in [6, 6.07) is 7.15. The van der Waals surface area contributed by atoms with Gasteiger partial charge in [-0.05, 0) is 38.1 Å². The Bertz CT molecular complexity index is 607.